The Bertz CT molecular complexity index is 641. The molecular formula is C19H24N2O2. The first kappa shape index (κ1) is 17.0. The first-order chi connectivity index (χ1) is 11.1. The number of rotatable bonds is 7. The number of hydrogen-bond donors (Lipinski definition) is 1. The highest BCUT2D eigenvalue weighted by Gasteiger charge is 2.10. The van der Waals surface area contributed by atoms with Gasteiger partial charge in [-0.05, 0) is 48.7 Å². The van der Waals surface area contributed by atoms with Gasteiger partial charge < -0.3 is 10.1 Å². The molecule has 0 aliphatic heterocycles. The number of anilines is 1. The van der Waals surface area contributed by atoms with E-state index in [0.29, 0.717) is 18.1 Å². The molecule has 1 amide bonds. The van der Waals surface area contributed by atoms with Crippen LogP contribution in [-0.4, -0.2) is 10.9 Å². The predicted octanol–water partition coefficient (Wildman–Crippen LogP) is 4.95. The maximum atomic E-state index is 12.0. The number of benzene rings is 1. The molecule has 4 nitrogen and oxygen atoms in total. The summed E-state index contributed by atoms with van der Waals surface area (Å²) in [6.07, 6.45) is 6.11. The van der Waals surface area contributed by atoms with Gasteiger partial charge in [-0.1, -0.05) is 26.7 Å². The van der Waals surface area contributed by atoms with E-state index < -0.39 is 0 Å². The number of carbonyl (C=O) groups is 1. The highest BCUT2D eigenvalue weighted by atomic mass is 16.5. The minimum absolute atomic E-state index is 0.0614. The molecule has 1 heterocycles. The van der Waals surface area contributed by atoms with Crippen LogP contribution in [0.4, 0.5) is 5.69 Å². The SMILES string of the molecule is CCCC(C)CC(=O)Nc1ccc(Oc2cccnc2)c(C)c1. The third kappa shape index (κ3) is 5.40. The molecule has 1 unspecified atom stereocenters. The summed E-state index contributed by atoms with van der Waals surface area (Å²) >= 11 is 0. The Labute approximate surface area is 137 Å². The zero-order valence-corrected chi connectivity index (χ0v) is 14.0. The summed E-state index contributed by atoms with van der Waals surface area (Å²) in [6.45, 7) is 6.21. The van der Waals surface area contributed by atoms with Crippen molar-refractivity contribution in [1.82, 2.24) is 4.98 Å². The number of amides is 1. The highest BCUT2D eigenvalue weighted by molar-refractivity contribution is 5.91. The smallest absolute Gasteiger partial charge is 0.224 e. The monoisotopic (exact) mass is 312 g/mol. The molecule has 2 aromatic rings. The van der Waals surface area contributed by atoms with Crippen molar-refractivity contribution in [2.24, 2.45) is 5.92 Å². The van der Waals surface area contributed by atoms with Crippen LogP contribution in [0, 0.1) is 12.8 Å². The topological polar surface area (TPSA) is 51.2 Å². The van der Waals surface area contributed by atoms with Crippen LogP contribution in [0.3, 0.4) is 0 Å². The van der Waals surface area contributed by atoms with E-state index in [1.165, 1.54) is 0 Å². The van der Waals surface area contributed by atoms with Gasteiger partial charge >= 0.3 is 0 Å². The number of aryl methyl sites for hydroxylation is 1. The summed E-state index contributed by atoms with van der Waals surface area (Å²) in [5.74, 6) is 1.93. The number of pyridine rings is 1. The Morgan fingerprint density at radius 2 is 2.17 bits per heavy atom. The lowest BCUT2D eigenvalue weighted by atomic mass is 10.0. The number of nitrogens with zero attached hydrogens (tertiary/aromatic N) is 1. The van der Waals surface area contributed by atoms with E-state index in [9.17, 15) is 4.79 Å². The molecule has 1 aromatic carbocycles. The fourth-order valence-electron chi connectivity index (χ4n) is 2.50. The lowest BCUT2D eigenvalue weighted by Crippen LogP contribution is -2.15. The van der Waals surface area contributed by atoms with Crippen LogP contribution in [0.1, 0.15) is 38.7 Å². The fourth-order valence-corrected chi connectivity index (χ4v) is 2.50. The number of ether oxygens (including phenoxy) is 1. The van der Waals surface area contributed by atoms with Crippen molar-refractivity contribution < 1.29 is 9.53 Å². The summed E-state index contributed by atoms with van der Waals surface area (Å²) in [7, 11) is 0. The predicted molar refractivity (Wildman–Crippen MR) is 92.8 cm³/mol. The zero-order valence-electron chi connectivity index (χ0n) is 14.0. The summed E-state index contributed by atoms with van der Waals surface area (Å²) in [5, 5.41) is 2.96. The van der Waals surface area contributed by atoms with Crippen LogP contribution in [0.2, 0.25) is 0 Å². The van der Waals surface area contributed by atoms with Gasteiger partial charge in [0.25, 0.3) is 0 Å². The quantitative estimate of drug-likeness (QED) is 0.787. The first-order valence-corrected chi connectivity index (χ1v) is 8.07. The number of nitrogens with one attached hydrogen (secondary N) is 1. The van der Waals surface area contributed by atoms with Gasteiger partial charge in [0.15, 0.2) is 0 Å². The summed E-state index contributed by atoms with van der Waals surface area (Å²) in [5.41, 5.74) is 1.77. The molecule has 0 saturated carbocycles. The molecular weight excluding hydrogens is 288 g/mol. The molecule has 2 rings (SSSR count). The normalized spacial score (nSPS) is 11.8. The lowest BCUT2D eigenvalue weighted by molar-refractivity contribution is -0.117. The maximum Gasteiger partial charge on any atom is 0.224 e. The maximum absolute atomic E-state index is 12.0. The first-order valence-electron chi connectivity index (χ1n) is 8.07. The van der Waals surface area contributed by atoms with E-state index in [1.807, 2.05) is 37.3 Å². The van der Waals surface area contributed by atoms with Crippen molar-refractivity contribution in [2.45, 2.75) is 40.0 Å². The van der Waals surface area contributed by atoms with Crippen LogP contribution < -0.4 is 10.1 Å². The van der Waals surface area contributed by atoms with E-state index in [2.05, 4.69) is 24.1 Å². The molecule has 23 heavy (non-hydrogen) atoms. The third-order valence-corrected chi connectivity index (χ3v) is 3.64. The van der Waals surface area contributed by atoms with Crippen LogP contribution in [-0.2, 0) is 4.79 Å². The minimum Gasteiger partial charge on any atom is -0.455 e. The third-order valence-electron chi connectivity index (χ3n) is 3.64. The van der Waals surface area contributed by atoms with Gasteiger partial charge in [0.1, 0.15) is 11.5 Å². The van der Waals surface area contributed by atoms with Crippen molar-refractivity contribution in [3.05, 3.63) is 48.3 Å². The van der Waals surface area contributed by atoms with Crippen LogP contribution in [0.15, 0.2) is 42.7 Å². The second-order valence-corrected chi connectivity index (χ2v) is 5.92. The molecule has 1 atom stereocenters. The van der Waals surface area contributed by atoms with E-state index in [-0.39, 0.29) is 5.91 Å². The Morgan fingerprint density at radius 1 is 1.35 bits per heavy atom. The van der Waals surface area contributed by atoms with Gasteiger partial charge in [0, 0.05) is 18.3 Å². The molecule has 0 aliphatic rings. The van der Waals surface area contributed by atoms with Gasteiger partial charge in [-0.3, -0.25) is 9.78 Å². The molecule has 0 spiro atoms. The van der Waals surface area contributed by atoms with Crippen LogP contribution in [0.5, 0.6) is 11.5 Å². The van der Waals surface area contributed by atoms with Crippen molar-refractivity contribution in [1.29, 1.82) is 0 Å². The van der Waals surface area contributed by atoms with E-state index in [4.69, 9.17) is 4.74 Å². The van der Waals surface area contributed by atoms with Crippen molar-refractivity contribution in [2.75, 3.05) is 5.32 Å². The van der Waals surface area contributed by atoms with Gasteiger partial charge in [-0.2, -0.15) is 0 Å². The Balaban J connectivity index is 1.97. The average Bonchev–Trinajstić information content (AvgIpc) is 2.51. The molecule has 0 saturated heterocycles. The molecule has 122 valence electrons. The minimum atomic E-state index is 0.0614. The Kier molecular flexibility index (Phi) is 6.15. The van der Waals surface area contributed by atoms with Gasteiger partial charge in [0.2, 0.25) is 5.91 Å². The molecule has 1 N–H and O–H groups in total. The second-order valence-electron chi connectivity index (χ2n) is 5.92. The van der Waals surface area contributed by atoms with Gasteiger partial charge in [-0.25, -0.2) is 0 Å². The summed E-state index contributed by atoms with van der Waals surface area (Å²) in [4.78, 5) is 16.1. The molecule has 1 aromatic heterocycles. The largest absolute Gasteiger partial charge is 0.455 e. The number of aromatic nitrogens is 1. The van der Waals surface area contributed by atoms with Crippen LogP contribution in [0.25, 0.3) is 0 Å². The highest BCUT2D eigenvalue weighted by Crippen LogP contribution is 2.27. The fraction of sp³-hybridized carbons (Fsp3) is 0.368. The summed E-state index contributed by atoms with van der Waals surface area (Å²) < 4.78 is 5.79. The van der Waals surface area contributed by atoms with E-state index >= 15 is 0 Å². The number of hydrogen-bond acceptors (Lipinski definition) is 3. The molecule has 0 aliphatic carbocycles. The number of carbonyl (C=O) groups excluding carboxylic acids is 1. The van der Waals surface area contributed by atoms with Crippen LogP contribution >= 0.6 is 0 Å². The van der Waals surface area contributed by atoms with Crippen molar-refractivity contribution in [3.8, 4) is 11.5 Å². The Morgan fingerprint density at radius 3 is 2.83 bits per heavy atom. The van der Waals surface area contributed by atoms with E-state index in [1.54, 1.807) is 12.4 Å². The Hall–Kier alpha value is -2.36. The van der Waals surface area contributed by atoms with Gasteiger partial charge in [0.05, 0.1) is 6.20 Å². The average molecular weight is 312 g/mol. The van der Waals surface area contributed by atoms with E-state index in [0.717, 1.165) is 29.8 Å². The molecule has 0 radical (unpaired) electrons. The van der Waals surface area contributed by atoms with Gasteiger partial charge in [-0.15, -0.1) is 0 Å². The van der Waals surface area contributed by atoms with Crippen molar-refractivity contribution >= 4 is 11.6 Å². The van der Waals surface area contributed by atoms with Crippen molar-refractivity contribution in [3.63, 3.8) is 0 Å². The molecule has 0 bridgehead atoms. The standard InChI is InChI=1S/C19H24N2O2/c1-4-6-14(2)11-19(22)21-16-8-9-18(15(3)12-16)23-17-7-5-10-20-13-17/h5,7-10,12-14H,4,6,11H2,1-3H3,(H,21,22). The lowest BCUT2D eigenvalue weighted by Gasteiger charge is -2.13. The summed E-state index contributed by atoms with van der Waals surface area (Å²) in [6, 6.07) is 9.34. The molecule has 4 heteroatoms. The molecule has 0 fully saturated rings. The second kappa shape index (κ2) is 8.32. The zero-order chi connectivity index (χ0) is 16.7.